The summed E-state index contributed by atoms with van der Waals surface area (Å²) >= 11 is 0. The molecule has 1 aliphatic carbocycles. The fourth-order valence-corrected chi connectivity index (χ4v) is 1.93. The van der Waals surface area contributed by atoms with E-state index in [2.05, 4.69) is 5.32 Å². The molecule has 2 rings (SSSR count). The number of benzene rings is 1. The predicted octanol–water partition coefficient (Wildman–Crippen LogP) is 1.64. The number of amides is 2. The second-order valence-corrected chi connectivity index (χ2v) is 5.47. The van der Waals surface area contributed by atoms with Crippen LogP contribution in [-0.4, -0.2) is 35.5 Å². The van der Waals surface area contributed by atoms with Crippen LogP contribution in [0.4, 0.5) is 18.9 Å². The predicted molar refractivity (Wildman–Crippen MR) is 73.8 cm³/mol. The van der Waals surface area contributed by atoms with E-state index in [9.17, 15) is 22.8 Å². The maximum Gasteiger partial charge on any atom is 0.471 e. The monoisotopic (exact) mass is 315 g/mol. The van der Waals surface area contributed by atoms with E-state index < -0.39 is 17.6 Å². The van der Waals surface area contributed by atoms with Crippen molar-refractivity contribution in [2.45, 2.75) is 31.1 Å². The summed E-state index contributed by atoms with van der Waals surface area (Å²) < 4.78 is 37.0. The Morgan fingerprint density at radius 1 is 1.36 bits per heavy atom. The lowest BCUT2D eigenvalue weighted by atomic mass is 10.1. The number of hydrogen-bond donors (Lipinski definition) is 2. The Morgan fingerprint density at radius 3 is 2.55 bits per heavy atom. The van der Waals surface area contributed by atoms with Gasteiger partial charge in [-0.05, 0) is 30.5 Å². The molecule has 8 heteroatoms. The minimum atomic E-state index is -4.90. The molecule has 0 atom stereocenters. The Kier molecular flexibility index (Phi) is 4.15. The van der Waals surface area contributed by atoms with Gasteiger partial charge in [0.2, 0.25) is 5.91 Å². The van der Waals surface area contributed by atoms with Crippen LogP contribution in [0.3, 0.4) is 0 Å². The summed E-state index contributed by atoms with van der Waals surface area (Å²) in [5.41, 5.74) is 5.83. The van der Waals surface area contributed by atoms with Crippen molar-refractivity contribution in [1.82, 2.24) is 4.90 Å². The van der Waals surface area contributed by atoms with E-state index in [1.54, 1.807) is 18.2 Å². The van der Waals surface area contributed by atoms with Gasteiger partial charge in [-0.3, -0.25) is 9.59 Å². The van der Waals surface area contributed by atoms with Gasteiger partial charge in [-0.2, -0.15) is 13.2 Å². The molecule has 1 saturated carbocycles. The third kappa shape index (κ3) is 3.76. The van der Waals surface area contributed by atoms with E-state index in [0.29, 0.717) is 29.0 Å². The SMILES string of the molecule is CN(Cc1cccc(NC(=O)C2(N)CC2)c1)C(=O)C(F)(F)F. The molecule has 2 amide bonds. The highest BCUT2D eigenvalue weighted by Crippen LogP contribution is 2.33. The minimum Gasteiger partial charge on any atom is -0.334 e. The van der Waals surface area contributed by atoms with Crippen LogP contribution >= 0.6 is 0 Å². The molecule has 1 aromatic rings. The smallest absolute Gasteiger partial charge is 0.334 e. The number of hydrogen-bond acceptors (Lipinski definition) is 3. The normalized spacial score (nSPS) is 16.0. The number of nitrogens with two attached hydrogens (primary N) is 1. The molecule has 1 aromatic carbocycles. The van der Waals surface area contributed by atoms with Crippen LogP contribution in [0.25, 0.3) is 0 Å². The molecule has 22 heavy (non-hydrogen) atoms. The summed E-state index contributed by atoms with van der Waals surface area (Å²) in [6.45, 7) is -0.212. The second-order valence-electron chi connectivity index (χ2n) is 5.47. The number of nitrogens with one attached hydrogen (secondary N) is 1. The van der Waals surface area contributed by atoms with Gasteiger partial charge in [0, 0.05) is 19.3 Å². The molecule has 5 nitrogen and oxygen atoms in total. The zero-order valence-electron chi connectivity index (χ0n) is 11.9. The van der Waals surface area contributed by atoms with Crippen LogP contribution in [0.15, 0.2) is 24.3 Å². The first-order valence-electron chi connectivity index (χ1n) is 6.63. The fourth-order valence-electron chi connectivity index (χ4n) is 1.93. The van der Waals surface area contributed by atoms with Gasteiger partial charge in [0.1, 0.15) is 0 Å². The summed E-state index contributed by atoms with van der Waals surface area (Å²) in [6, 6.07) is 6.29. The van der Waals surface area contributed by atoms with Crippen LogP contribution in [0.2, 0.25) is 0 Å². The number of alkyl halides is 3. The summed E-state index contributed by atoms with van der Waals surface area (Å²) in [4.78, 5) is 23.5. The summed E-state index contributed by atoms with van der Waals surface area (Å²) in [5.74, 6) is -2.23. The summed E-state index contributed by atoms with van der Waals surface area (Å²) in [5, 5.41) is 2.63. The number of rotatable bonds is 4. The molecule has 1 fully saturated rings. The van der Waals surface area contributed by atoms with Gasteiger partial charge >= 0.3 is 12.1 Å². The van der Waals surface area contributed by atoms with Crippen molar-refractivity contribution in [3.05, 3.63) is 29.8 Å². The van der Waals surface area contributed by atoms with E-state index in [1.807, 2.05) is 0 Å². The lowest BCUT2D eigenvalue weighted by Gasteiger charge is -2.19. The molecule has 1 aliphatic rings. The average Bonchev–Trinajstić information content (AvgIpc) is 3.16. The van der Waals surface area contributed by atoms with Crippen molar-refractivity contribution in [2.24, 2.45) is 5.73 Å². The molecule has 0 unspecified atom stereocenters. The molecule has 0 spiro atoms. The van der Waals surface area contributed by atoms with Crippen molar-refractivity contribution in [3.8, 4) is 0 Å². The summed E-state index contributed by atoms with van der Waals surface area (Å²) in [7, 11) is 1.07. The van der Waals surface area contributed by atoms with Crippen LogP contribution in [-0.2, 0) is 16.1 Å². The van der Waals surface area contributed by atoms with Crippen LogP contribution in [0.1, 0.15) is 18.4 Å². The van der Waals surface area contributed by atoms with Crippen molar-refractivity contribution < 1.29 is 22.8 Å². The highest BCUT2D eigenvalue weighted by Gasteiger charge is 2.46. The summed E-state index contributed by atoms with van der Waals surface area (Å²) in [6.07, 6.45) is -3.68. The van der Waals surface area contributed by atoms with E-state index in [4.69, 9.17) is 5.73 Å². The van der Waals surface area contributed by atoms with Crippen LogP contribution in [0.5, 0.6) is 0 Å². The largest absolute Gasteiger partial charge is 0.471 e. The first kappa shape index (κ1) is 16.3. The lowest BCUT2D eigenvalue weighted by molar-refractivity contribution is -0.184. The molecular weight excluding hydrogens is 299 g/mol. The van der Waals surface area contributed by atoms with Crippen LogP contribution in [0, 0.1) is 0 Å². The number of nitrogens with zero attached hydrogens (tertiary/aromatic N) is 1. The lowest BCUT2D eigenvalue weighted by Crippen LogP contribution is -2.38. The van der Waals surface area contributed by atoms with Crippen molar-refractivity contribution >= 4 is 17.5 Å². The van der Waals surface area contributed by atoms with Crippen molar-refractivity contribution in [3.63, 3.8) is 0 Å². The number of carbonyl (C=O) groups excluding carboxylic acids is 2. The van der Waals surface area contributed by atoms with Gasteiger partial charge < -0.3 is 16.0 Å². The molecule has 0 bridgehead atoms. The molecule has 120 valence electrons. The first-order valence-corrected chi connectivity index (χ1v) is 6.63. The Labute approximate surface area is 125 Å². The number of halogens is 3. The molecule has 0 radical (unpaired) electrons. The average molecular weight is 315 g/mol. The Bertz CT molecular complexity index is 597. The van der Waals surface area contributed by atoms with Crippen molar-refractivity contribution in [2.75, 3.05) is 12.4 Å². The van der Waals surface area contributed by atoms with Crippen LogP contribution < -0.4 is 11.1 Å². The van der Waals surface area contributed by atoms with Gasteiger partial charge in [0.25, 0.3) is 0 Å². The number of anilines is 1. The molecule has 0 saturated heterocycles. The molecular formula is C14H16F3N3O2. The molecule has 0 aliphatic heterocycles. The van der Waals surface area contributed by atoms with Gasteiger partial charge in [-0.15, -0.1) is 0 Å². The second kappa shape index (κ2) is 5.60. The highest BCUT2D eigenvalue weighted by atomic mass is 19.4. The Hall–Kier alpha value is -2.09. The molecule has 0 heterocycles. The Balaban J connectivity index is 2.02. The maximum atomic E-state index is 12.3. The highest BCUT2D eigenvalue weighted by molar-refractivity contribution is 6.00. The Morgan fingerprint density at radius 2 is 2.00 bits per heavy atom. The van der Waals surface area contributed by atoms with Gasteiger partial charge in [-0.25, -0.2) is 0 Å². The third-order valence-electron chi connectivity index (χ3n) is 3.43. The zero-order chi connectivity index (χ0) is 16.5. The van der Waals surface area contributed by atoms with E-state index in [-0.39, 0.29) is 12.5 Å². The van der Waals surface area contributed by atoms with Gasteiger partial charge in [-0.1, -0.05) is 12.1 Å². The standard InChI is InChI=1S/C14H16F3N3O2/c1-20(12(22)14(15,16)17)8-9-3-2-4-10(7-9)19-11(21)13(18)5-6-13/h2-4,7H,5-6,8,18H2,1H3,(H,19,21). The quantitative estimate of drug-likeness (QED) is 0.887. The molecule has 3 N–H and O–H groups in total. The third-order valence-corrected chi connectivity index (χ3v) is 3.43. The van der Waals surface area contributed by atoms with E-state index in [0.717, 1.165) is 7.05 Å². The first-order chi connectivity index (χ1) is 10.1. The maximum absolute atomic E-state index is 12.3. The van der Waals surface area contributed by atoms with E-state index in [1.165, 1.54) is 6.07 Å². The van der Waals surface area contributed by atoms with E-state index >= 15 is 0 Å². The topological polar surface area (TPSA) is 75.4 Å². The van der Waals surface area contributed by atoms with Crippen molar-refractivity contribution in [1.29, 1.82) is 0 Å². The van der Waals surface area contributed by atoms with Gasteiger partial charge in [0.05, 0.1) is 5.54 Å². The zero-order valence-corrected chi connectivity index (χ0v) is 11.9. The fraction of sp³-hybridized carbons (Fsp3) is 0.429. The minimum absolute atomic E-state index is 0.212. The molecule has 0 aromatic heterocycles. The van der Waals surface area contributed by atoms with Gasteiger partial charge in [0.15, 0.2) is 0 Å². The number of carbonyl (C=O) groups is 2.